The number of hydrogen-bond acceptors (Lipinski definition) is 4. The summed E-state index contributed by atoms with van der Waals surface area (Å²) in [6.45, 7) is 0.924. The summed E-state index contributed by atoms with van der Waals surface area (Å²) in [5.41, 5.74) is 0.586. The maximum Gasteiger partial charge on any atom is 0.289 e. The number of anilines is 1. The average Bonchev–Trinajstić information content (AvgIpc) is 3.21. The van der Waals surface area contributed by atoms with Crippen LogP contribution in [0.3, 0.4) is 0 Å². The maximum absolute atomic E-state index is 12.6. The van der Waals surface area contributed by atoms with Crippen molar-refractivity contribution < 1.29 is 18.8 Å². The Balaban J connectivity index is 1.47. The molecule has 0 saturated carbocycles. The van der Waals surface area contributed by atoms with Gasteiger partial charge < -0.3 is 19.5 Å². The number of nitrogens with zero attached hydrogens (tertiary/aromatic N) is 2. The van der Waals surface area contributed by atoms with Crippen LogP contribution in [0.15, 0.2) is 47.1 Å². The summed E-state index contributed by atoms with van der Waals surface area (Å²) in [7, 11) is 1.61. The second kappa shape index (κ2) is 8.93. The first-order valence-electron chi connectivity index (χ1n) is 9.07. The molecule has 0 radical (unpaired) electrons. The smallest absolute Gasteiger partial charge is 0.289 e. The van der Waals surface area contributed by atoms with Gasteiger partial charge in [-0.1, -0.05) is 17.7 Å². The van der Waals surface area contributed by atoms with Gasteiger partial charge in [-0.3, -0.25) is 14.4 Å². The van der Waals surface area contributed by atoms with E-state index in [1.807, 2.05) is 0 Å². The number of piperidine rings is 1. The van der Waals surface area contributed by atoms with Gasteiger partial charge in [-0.05, 0) is 43.2 Å². The van der Waals surface area contributed by atoms with Crippen LogP contribution < -0.4 is 5.32 Å². The van der Waals surface area contributed by atoms with Crippen LogP contribution in [-0.2, 0) is 9.59 Å². The van der Waals surface area contributed by atoms with Crippen LogP contribution in [0, 0.1) is 5.92 Å². The van der Waals surface area contributed by atoms with Crippen molar-refractivity contribution >= 4 is 35.0 Å². The molecule has 1 fully saturated rings. The van der Waals surface area contributed by atoms with Crippen molar-refractivity contribution in [2.45, 2.75) is 12.8 Å². The summed E-state index contributed by atoms with van der Waals surface area (Å²) >= 11 is 5.90. The van der Waals surface area contributed by atoms with E-state index in [1.54, 1.807) is 48.3 Å². The van der Waals surface area contributed by atoms with E-state index in [4.69, 9.17) is 16.0 Å². The van der Waals surface area contributed by atoms with Gasteiger partial charge in [-0.15, -0.1) is 0 Å². The fourth-order valence-corrected chi connectivity index (χ4v) is 3.45. The van der Waals surface area contributed by atoms with Gasteiger partial charge in [0.15, 0.2) is 5.76 Å². The van der Waals surface area contributed by atoms with Crippen LogP contribution in [0.25, 0.3) is 0 Å². The fourth-order valence-electron chi connectivity index (χ4n) is 3.26. The summed E-state index contributed by atoms with van der Waals surface area (Å²) in [4.78, 5) is 40.2. The molecule has 2 aromatic rings. The Labute approximate surface area is 168 Å². The van der Waals surface area contributed by atoms with Crippen LogP contribution in [0.1, 0.15) is 23.4 Å². The lowest BCUT2D eigenvalue weighted by atomic mass is 9.95. The zero-order valence-electron chi connectivity index (χ0n) is 15.6. The Hall–Kier alpha value is -2.80. The van der Waals surface area contributed by atoms with Gasteiger partial charge in [0, 0.05) is 36.8 Å². The number of carbonyl (C=O) groups excluding carboxylic acids is 3. The molecule has 1 aliphatic heterocycles. The molecule has 2 heterocycles. The Morgan fingerprint density at radius 2 is 1.96 bits per heavy atom. The molecule has 0 spiro atoms. The van der Waals surface area contributed by atoms with Crippen LogP contribution in [-0.4, -0.2) is 54.2 Å². The van der Waals surface area contributed by atoms with Crippen molar-refractivity contribution in [2.24, 2.45) is 5.92 Å². The highest BCUT2D eigenvalue weighted by molar-refractivity contribution is 6.30. The molecule has 28 heavy (non-hydrogen) atoms. The number of furan rings is 1. The molecule has 0 unspecified atom stereocenters. The van der Waals surface area contributed by atoms with Gasteiger partial charge in [-0.25, -0.2) is 0 Å². The monoisotopic (exact) mass is 403 g/mol. The van der Waals surface area contributed by atoms with E-state index in [0.717, 1.165) is 0 Å². The van der Waals surface area contributed by atoms with Gasteiger partial charge >= 0.3 is 0 Å². The first-order chi connectivity index (χ1) is 13.4. The Morgan fingerprint density at radius 3 is 2.61 bits per heavy atom. The number of hydrogen-bond donors (Lipinski definition) is 1. The van der Waals surface area contributed by atoms with Crippen LogP contribution >= 0.6 is 11.6 Å². The summed E-state index contributed by atoms with van der Waals surface area (Å²) in [6, 6.07) is 10.1. The Bertz CT molecular complexity index is 845. The third kappa shape index (κ3) is 4.92. The Kier molecular flexibility index (Phi) is 6.36. The molecular weight excluding hydrogens is 382 g/mol. The predicted molar refractivity (Wildman–Crippen MR) is 105 cm³/mol. The Morgan fingerprint density at radius 1 is 1.21 bits per heavy atom. The number of likely N-dealkylation sites (N-methyl/N-ethyl adjacent to an activating group) is 1. The molecule has 148 valence electrons. The number of benzene rings is 1. The second-order valence-electron chi connectivity index (χ2n) is 6.80. The van der Waals surface area contributed by atoms with Gasteiger partial charge in [0.1, 0.15) is 0 Å². The molecule has 8 heteroatoms. The summed E-state index contributed by atoms with van der Waals surface area (Å²) in [5.74, 6) is -0.441. The lowest BCUT2D eigenvalue weighted by molar-refractivity contribution is -0.138. The molecule has 0 aliphatic carbocycles. The van der Waals surface area contributed by atoms with E-state index >= 15 is 0 Å². The predicted octanol–water partition coefficient (Wildman–Crippen LogP) is 2.88. The normalized spacial score (nSPS) is 14.6. The molecule has 1 aromatic heterocycles. The third-order valence-corrected chi connectivity index (χ3v) is 4.96. The van der Waals surface area contributed by atoms with E-state index in [1.165, 1.54) is 11.2 Å². The minimum atomic E-state index is -0.288. The fraction of sp³-hybridized carbons (Fsp3) is 0.350. The second-order valence-corrected chi connectivity index (χ2v) is 7.23. The number of rotatable bonds is 5. The van der Waals surface area contributed by atoms with Crippen LogP contribution in [0.4, 0.5) is 5.69 Å². The summed E-state index contributed by atoms with van der Waals surface area (Å²) in [5, 5.41) is 3.25. The largest absolute Gasteiger partial charge is 0.459 e. The van der Waals surface area contributed by atoms with E-state index < -0.39 is 0 Å². The molecule has 3 rings (SSSR count). The van der Waals surface area contributed by atoms with Crippen molar-refractivity contribution in [3.8, 4) is 0 Å². The summed E-state index contributed by atoms with van der Waals surface area (Å²) < 4.78 is 5.14. The highest BCUT2D eigenvalue weighted by atomic mass is 35.5. The van der Waals surface area contributed by atoms with Gasteiger partial charge in [-0.2, -0.15) is 0 Å². The van der Waals surface area contributed by atoms with E-state index in [9.17, 15) is 14.4 Å². The summed E-state index contributed by atoms with van der Waals surface area (Å²) in [6.07, 6.45) is 2.59. The molecule has 1 saturated heterocycles. The minimum absolute atomic E-state index is 0.0448. The average molecular weight is 404 g/mol. The zero-order chi connectivity index (χ0) is 20.1. The molecule has 7 nitrogen and oxygen atoms in total. The first kappa shape index (κ1) is 19.9. The number of likely N-dealkylation sites (tertiary alicyclic amines) is 1. The first-order valence-corrected chi connectivity index (χ1v) is 9.45. The molecule has 3 amide bonds. The van der Waals surface area contributed by atoms with Crippen molar-refractivity contribution in [3.63, 3.8) is 0 Å². The van der Waals surface area contributed by atoms with Gasteiger partial charge in [0.05, 0.1) is 12.8 Å². The molecular formula is C20H22ClN3O4. The quantitative estimate of drug-likeness (QED) is 0.832. The number of halogens is 1. The standard InChI is InChI=1S/C20H22ClN3O4/c1-23(13-18(25)22-16-5-2-4-15(21)12-16)19(26)14-7-9-24(10-8-14)20(27)17-6-3-11-28-17/h2-6,11-12,14H,7-10,13H2,1H3,(H,22,25). The molecule has 0 bridgehead atoms. The molecule has 0 atom stereocenters. The topological polar surface area (TPSA) is 82.9 Å². The molecule has 1 aromatic carbocycles. The van der Waals surface area contributed by atoms with E-state index in [-0.39, 0.29) is 30.2 Å². The number of nitrogens with one attached hydrogen (secondary N) is 1. The lowest BCUT2D eigenvalue weighted by Gasteiger charge is -2.32. The zero-order valence-corrected chi connectivity index (χ0v) is 16.3. The molecule has 1 aliphatic rings. The maximum atomic E-state index is 12.6. The van der Waals surface area contributed by atoms with E-state index in [0.29, 0.717) is 42.4 Å². The highest BCUT2D eigenvalue weighted by Crippen LogP contribution is 2.21. The van der Waals surface area contributed by atoms with Crippen molar-refractivity contribution in [3.05, 3.63) is 53.4 Å². The van der Waals surface area contributed by atoms with E-state index in [2.05, 4.69) is 5.32 Å². The SMILES string of the molecule is CN(CC(=O)Nc1cccc(Cl)c1)C(=O)C1CCN(C(=O)c2ccco2)CC1. The number of amides is 3. The lowest BCUT2D eigenvalue weighted by Crippen LogP contribution is -2.45. The van der Waals surface area contributed by atoms with Crippen molar-refractivity contribution in [1.29, 1.82) is 0 Å². The van der Waals surface area contributed by atoms with Crippen LogP contribution in [0.2, 0.25) is 5.02 Å². The van der Waals surface area contributed by atoms with Crippen molar-refractivity contribution in [1.82, 2.24) is 9.80 Å². The molecule has 1 N–H and O–H groups in total. The van der Waals surface area contributed by atoms with Crippen molar-refractivity contribution in [2.75, 3.05) is 32.0 Å². The third-order valence-electron chi connectivity index (χ3n) is 4.73. The number of carbonyl (C=O) groups is 3. The van der Waals surface area contributed by atoms with Crippen LogP contribution in [0.5, 0.6) is 0 Å². The minimum Gasteiger partial charge on any atom is -0.459 e. The highest BCUT2D eigenvalue weighted by Gasteiger charge is 2.30. The van der Waals surface area contributed by atoms with Gasteiger partial charge in [0.25, 0.3) is 5.91 Å². The van der Waals surface area contributed by atoms with Gasteiger partial charge in [0.2, 0.25) is 11.8 Å².